The van der Waals surface area contributed by atoms with E-state index in [0.29, 0.717) is 25.7 Å². The molecule has 0 aliphatic carbocycles. The lowest BCUT2D eigenvalue weighted by molar-refractivity contribution is -0.150. The Kier molecular flexibility index (Phi) is 11.6. The third-order valence-corrected chi connectivity index (χ3v) is 6.92. The standard InChI is InChI=1S/C31H40N2O5/c1-22(2)28-21-38-31(37)26(17-23-11-5-3-6-12-23)16-10-9-15-25(30(36)33-28)19-29(35)32-27(20-34)18-24-13-7-4-8-14-24/h3-14,22,25-28,34H,15-21H2,1-2H3,(H,32,35)(H,33,36)/t25-,26-,27+,28-/m1/s1. The van der Waals surface area contributed by atoms with E-state index >= 15 is 0 Å². The second-order valence-electron chi connectivity index (χ2n) is 10.4. The van der Waals surface area contributed by atoms with Gasteiger partial charge in [-0.3, -0.25) is 14.4 Å². The monoisotopic (exact) mass is 520 g/mol. The first-order chi connectivity index (χ1) is 18.4. The molecule has 0 spiro atoms. The van der Waals surface area contributed by atoms with Crippen LogP contribution < -0.4 is 10.6 Å². The van der Waals surface area contributed by atoms with Crippen LogP contribution >= 0.6 is 0 Å². The summed E-state index contributed by atoms with van der Waals surface area (Å²) in [4.78, 5) is 39.0. The molecule has 1 aliphatic rings. The summed E-state index contributed by atoms with van der Waals surface area (Å²) in [7, 11) is 0. The van der Waals surface area contributed by atoms with E-state index in [1.807, 2.05) is 86.7 Å². The highest BCUT2D eigenvalue weighted by molar-refractivity contribution is 5.86. The number of esters is 1. The fourth-order valence-corrected chi connectivity index (χ4v) is 4.53. The van der Waals surface area contributed by atoms with Crippen LogP contribution in [0.5, 0.6) is 0 Å². The molecule has 0 radical (unpaired) electrons. The van der Waals surface area contributed by atoms with Crippen LogP contribution in [0.15, 0.2) is 72.8 Å². The molecule has 1 aliphatic heterocycles. The number of hydrogen-bond donors (Lipinski definition) is 3. The molecule has 3 rings (SSSR count). The van der Waals surface area contributed by atoms with Crippen molar-refractivity contribution in [1.29, 1.82) is 0 Å². The van der Waals surface area contributed by atoms with E-state index in [0.717, 1.165) is 11.1 Å². The molecule has 4 atom stereocenters. The van der Waals surface area contributed by atoms with Crippen molar-refractivity contribution in [1.82, 2.24) is 10.6 Å². The van der Waals surface area contributed by atoms with Gasteiger partial charge in [0.15, 0.2) is 0 Å². The zero-order valence-electron chi connectivity index (χ0n) is 22.3. The minimum atomic E-state index is -0.578. The zero-order chi connectivity index (χ0) is 27.3. The number of amides is 2. The van der Waals surface area contributed by atoms with Gasteiger partial charge in [-0.05, 0) is 42.7 Å². The van der Waals surface area contributed by atoms with Crippen LogP contribution in [0.25, 0.3) is 0 Å². The maximum absolute atomic E-state index is 13.2. The van der Waals surface area contributed by atoms with E-state index in [1.165, 1.54) is 0 Å². The molecule has 2 aromatic carbocycles. The highest BCUT2D eigenvalue weighted by atomic mass is 16.5. The summed E-state index contributed by atoms with van der Waals surface area (Å²) >= 11 is 0. The summed E-state index contributed by atoms with van der Waals surface area (Å²) in [6, 6.07) is 18.7. The largest absolute Gasteiger partial charge is 0.463 e. The predicted molar refractivity (Wildman–Crippen MR) is 147 cm³/mol. The Bertz CT molecular complexity index is 1050. The molecular formula is C31H40N2O5. The van der Waals surface area contributed by atoms with Gasteiger partial charge in [-0.25, -0.2) is 0 Å². The van der Waals surface area contributed by atoms with E-state index < -0.39 is 12.0 Å². The van der Waals surface area contributed by atoms with Crippen molar-refractivity contribution in [3.63, 3.8) is 0 Å². The number of carbonyl (C=O) groups is 3. The molecule has 3 N–H and O–H groups in total. The lowest BCUT2D eigenvalue weighted by atomic mass is 9.93. The fourth-order valence-electron chi connectivity index (χ4n) is 4.53. The topological polar surface area (TPSA) is 105 Å². The fraction of sp³-hybridized carbons (Fsp3) is 0.452. The maximum atomic E-state index is 13.2. The number of allylic oxidation sites excluding steroid dienone is 2. The van der Waals surface area contributed by atoms with Crippen molar-refractivity contribution in [2.75, 3.05) is 13.2 Å². The lowest BCUT2D eigenvalue weighted by Gasteiger charge is -2.26. The molecule has 0 bridgehead atoms. The normalized spacial score (nSPS) is 21.5. The SMILES string of the molecule is CC(C)[C@H]1COC(=O)[C@@H](Cc2ccccc2)CC=CC[C@H](CC(=O)N[C@H](CO)Cc2ccccc2)C(=O)N1. The third kappa shape index (κ3) is 9.45. The summed E-state index contributed by atoms with van der Waals surface area (Å²) in [6.45, 7) is 3.81. The van der Waals surface area contributed by atoms with Gasteiger partial charge in [0.25, 0.3) is 0 Å². The highest BCUT2D eigenvalue weighted by Gasteiger charge is 2.28. The van der Waals surface area contributed by atoms with Crippen molar-refractivity contribution in [2.24, 2.45) is 17.8 Å². The van der Waals surface area contributed by atoms with Gasteiger partial charge >= 0.3 is 5.97 Å². The van der Waals surface area contributed by atoms with Crippen LogP contribution in [0.2, 0.25) is 0 Å². The number of cyclic esters (lactones) is 1. The number of aliphatic hydroxyl groups excluding tert-OH is 1. The molecule has 2 aromatic rings. The molecule has 7 heteroatoms. The molecule has 0 fully saturated rings. The Hall–Kier alpha value is -3.45. The van der Waals surface area contributed by atoms with E-state index in [-0.39, 0.29) is 55.3 Å². The molecule has 2 amide bonds. The molecule has 204 valence electrons. The van der Waals surface area contributed by atoms with Crippen LogP contribution in [0.1, 0.15) is 44.2 Å². The number of ether oxygens (including phenoxy) is 1. The lowest BCUT2D eigenvalue weighted by Crippen LogP contribution is -2.47. The average molecular weight is 521 g/mol. The number of hydrogen-bond acceptors (Lipinski definition) is 5. The minimum absolute atomic E-state index is 0.000486. The number of benzene rings is 2. The van der Waals surface area contributed by atoms with Crippen LogP contribution in [0, 0.1) is 17.8 Å². The number of carbonyl (C=O) groups excluding carboxylic acids is 3. The zero-order valence-corrected chi connectivity index (χ0v) is 22.3. The predicted octanol–water partition coefficient (Wildman–Crippen LogP) is 3.61. The molecule has 0 saturated heterocycles. The van der Waals surface area contributed by atoms with Gasteiger partial charge in [-0.2, -0.15) is 0 Å². The Balaban J connectivity index is 1.69. The van der Waals surface area contributed by atoms with Crippen molar-refractivity contribution in [3.8, 4) is 0 Å². The van der Waals surface area contributed by atoms with E-state index in [4.69, 9.17) is 4.74 Å². The maximum Gasteiger partial charge on any atom is 0.309 e. The first-order valence-electron chi connectivity index (χ1n) is 13.5. The van der Waals surface area contributed by atoms with Crippen LogP contribution in [0.3, 0.4) is 0 Å². The van der Waals surface area contributed by atoms with Crippen molar-refractivity contribution >= 4 is 17.8 Å². The molecule has 38 heavy (non-hydrogen) atoms. The smallest absolute Gasteiger partial charge is 0.309 e. The first kappa shape index (κ1) is 29.1. The molecular weight excluding hydrogens is 480 g/mol. The second-order valence-corrected chi connectivity index (χ2v) is 10.4. The Morgan fingerprint density at radius 3 is 2.18 bits per heavy atom. The number of aliphatic hydroxyl groups is 1. The van der Waals surface area contributed by atoms with Crippen LogP contribution in [-0.2, 0) is 32.0 Å². The van der Waals surface area contributed by atoms with E-state index in [2.05, 4.69) is 10.6 Å². The summed E-state index contributed by atoms with van der Waals surface area (Å²) in [5.41, 5.74) is 2.07. The third-order valence-electron chi connectivity index (χ3n) is 6.92. The van der Waals surface area contributed by atoms with Crippen molar-refractivity contribution < 1.29 is 24.2 Å². The van der Waals surface area contributed by atoms with Gasteiger partial charge in [-0.15, -0.1) is 0 Å². The summed E-state index contributed by atoms with van der Waals surface area (Å²) in [5.74, 6) is -1.67. The van der Waals surface area contributed by atoms with Gasteiger partial charge in [-0.1, -0.05) is 86.7 Å². The molecule has 0 aromatic heterocycles. The van der Waals surface area contributed by atoms with Gasteiger partial charge in [0.2, 0.25) is 11.8 Å². The van der Waals surface area contributed by atoms with Crippen LogP contribution in [0.4, 0.5) is 0 Å². The molecule has 0 saturated carbocycles. The number of nitrogens with one attached hydrogen (secondary N) is 2. The van der Waals surface area contributed by atoms with Crippen molar-refractivity contribution in [3.05, 3.63) is 83.9 Å². The van der Waals surface area contributed by atoms with Crippen molar-refractivity contribution in [2.45, 2.75) is 58.0 Å². The minimum Gasteiger partial charge on any atom is -0.463 e. The van der Waals surface area contributed by atoms with E-state index in [9.17, 15) is 19.5 Å². The first-order valence-corrected chi connectivity index (χ1v) is 13.5. The van der Waals surface area contributed by atoms with Gasteiger partial charge in [0.1, 0.15) is 6.61 Å². The Labute approximate surface area is 225 Å². The second kappa shape index (κ2) is 15.1. The van der Waals surface area contributed by atoms with Gasteiger partial charge in [0, 0.05) is 6.42 Å². The average Bonchev–Trinajstić information content (AvgIpc) is 2.91. The summed E-state index contributed by atoms with van der Waals surface area (Å²) < 4.78 is 5.67. The Morgan fingerprint density at radius 1 is 0.974 bits per heavy atom. The summed E-state index contributed by atoms with van der Waals surface area (Å²) in [6.07, 6.45) is 5.72. The molecule has 7 nitrogen and oxygen atoms in total. The van der Waals surface area contributed by atoms with Gasteiger partial charge < -0.3 is 20.5 Å². The van der Waals surface area contributed by atoms with E-state index in [1.54, 1.807) is 0 Å². The summed E-state index contributed by atoms with van der Waals surface area (Å²) in [5, 5.41) is 15.7. The van der Waals surface area contributed by atoms with Gasteiger partial charge in [0.05, 0.1) is 30.5 Å². The van der Waals surface area contributed by atoms with Crippen LogP contribution in [-0.4, -0.2) is 48.2 Å². The quantitative estimate of drug-likeness (QED) is 0.346. The Morgan fingerprint density at radius 2 is 1.58 bits per heavy atom. The highest BCUT2D eigenvalue weighted by Crippen LogP contribution is 2.19. The molecule has 1 heterocycles. The number of rotatable bonds is 9. The molecule has 0 unspecified atom stereocenters.